The molecular formula is C9F14O4S. The number of halogens is 14. The van der Waals surface area contributed by atoms with E-state index < -0.39 is 62.6 Å². The Hall–Kier alpha value is -1.95. The van der Waals surface area contributed by atoms with Gasteiger partial charge in [-0.05, 0) is 0 Å². The summed E-state index contributed by atoms with van der Waals surface area (Å²) in [5.41, 5.74) is -7.90. The fourth-order valence-electron chi connectivity index (χ4n) is 1.33. The molecule has 4 nitrogen and oxygen atoms in total. The van der Waals surface area contributed by atoms with Gasteiger partial charge in [0.25, 0.3) is 11.6 Å². The third-order valence-corrected chi connectivity index (χ3v) is 3.61. The zero-order valence-electron chi connectivity index (χ0n) is 11.8. The number of rotatable bonds is 7. The molecule has 0 bridgehead atoms. The summed E-state index contributed by atoms with van der Waals surface area (Å²) in [5.74, 6) is -29.7. The van der Waals surface area contributed by atoms with Gasteiger partial charge in [-0.1, -0.05) is 3.89 Å². The summed E-state index contributed by atoms with van der Waals surface area (Å²) in [5, 5.41) is -7.60. The van der Waals surface area contributed by atoms with Crippen LogP contribution in [0, 0.1) is 0 Å². The molecule has 0 rings (SSSR count). The van der Waals surface area contributed by atoms with Gasteiger partial charge >= 0.3 is 45.2 Å². The lowest BCUT2D eigenvalue weighted by atomic mass is 9.85. The van der Waals surface area contributed by atoms with Crippen LogP contribution in [0.25, 0.3) is 0 Å². The second-order valence-corrected chi connectivity index (χ2v) is 5.88. The first-order chi connectivity index (χ1) is 11.9. The van der Waals surface area contributed by atoms with E-state index >= 15 is 0 Å². The highest BCUT2D eigenvalue weighted by atomic mass is 32.3. The van der Waals surface area contributed by atoms with Gasteiger partial charge in [0.2, 0.25) is 5.83 Å². The molecule has 0 aromatic heterocycles. The molecule has 0 amide bonds. The Kier molecular flexibility index (Phi) is 6.36. The molecule has 0 aliphatic heterocycles. The standard InChI is InChI=1S/C9F14O4S/c10-1(3(11)12)2(24)6(14,15)5(13,8(18,19)20)4(25)7(16,17)9(21,22)28(23,26)27. The maximum atomic E-state index is 13.7. The summed E-state index contributed by atoms with van der Waals surface area (Å²) in [4.78, 5) is 21.5. The second-order valence-electron chi connectivity index (χ2n) is 4.49. The number of allylic oxidation sites excluding steroid dienone is 1. The summed E-state index contributed by atoms with van der Waals surface area (Å²) in [6.07, 6.45) is -12.0. The number of carbonyl (C=O) groups excluding carboxylic acids is 2. The SMILES string of the molecule is O=C(C(F)=C(F)F)C(F)(F)C(F)(C(=O)C(F)(F)C(F)(F)S(=O)(=O)F)C(F)(F)F. The van der Waals surface area contributed by atoms with E-state index in [0.717, 1.165) is 0 Å². The summed E-state index contributed by atoms with van der Waals surface area (Å²) >= 11 is 0. The number of Topliss-reactive ketones (excluding diaryl/α,β-unsaturated/α-hetero) is 2. The third kappa shape index (κ3) is 3.54. The average molecular weight is 470 g/mol. The zero-order valence-corrected chi connectivity index (χ0v) is 12.6. The van der Waals surface area contributed by atoms with E-state index in [9.17, 15) is 79.0 Å². The van der Waals surface area contributed by atoms with Crippen LogP contribution in [-0.4, -0.2) is 48.9 Å². The summed E-state index contributed by atoms with van der Waals surface area (Å²) < 4.78 is 198. The van der Waals surface area contributed by atoms with E-state index in [0.29, 0.717) is 0 Å². The largest absolute Gasteiger partial charge is 0.443 e. The van der Waals surface area contributed by atoms with Gasteiger partial charge in [0.15, 0.2) is 0 Å². The molecule has 1 unspecified atom stereocenters. The minimum atomic E-state index is -8.08. The van der Waals surface area contributed by atoms with E-state index in [-0.39, 0.29) is 0 Å². The number of ketones is 2. The first kappa shape index (κ1) is 26.1. The lowest BCUT2D eigenvalue weighted by Crippen LogP contribution is -2.70. The molecular weight excluding hydrogens is 470 g/mol. The van der Waals surface area contributed by atoms with Crippen molar-refractivity contribution in [2.45, 2.75) is 28.9 Å². The summed E-state index contributed by atoms with van der Waals surface area (Å²) in [6, 6.07) is 0. The van der Waals surface area contributed by atoms with E-state index in [4.69, 9.17) is 0 Å². The molecule has 164 valence electrons. The highest BCUT2D eigenvalue weighted by Gasteiger charge is 2.86. The summed E-state index contributed by atoms with van der Waals surface area (Å²) in [7, 11) is -8.08. The zero-order chi connectivity index (χ0) is 23.3. The Balaban J connectivity index is 7.01. The maximum absolute atomic E-state index is 13.7. The van der Waals surface area contributed by atoms with Gasteiger partial charge in [0, 0.05) is 0 Å². The van der Waals surface area contributed by atoms with Crippen molar-refractivity contribution in [2.24, 2.45) is 0 Å². The van der Waals surface area contributed by atoms with Crippen LogP contribution in [0.5, 0.6) is 0 Å². The van der Waals surface area contributed by atoms with E-state index in [1.807, 2.05) is 0 Å². The van der Waals surface area contributed by atoms with Gasteiger partial charge in [-0.15, -0.1) is 0 Å². The number of hydrogen-bond acceptors (Lipinski definition) is 4. The van der Waals surface area contributed by atoms with Crippen LogP contribution >= 0.6 is 0 Å². The van der Waals surface area contributed by atoms with Crippen LogP contribution in [-0.2, 0) is 19.8 Å². The van der Waals surface area contributed by atoms with Crippen molar-refractivity contribution in [1.29, 1.82) is 0 Å². The fourth-order valence-corrected chi connectivity index (χ4v) is 1.73. The van der Waals surface area contributed by atoms with Crippen LogP contribution in [0.4, 0.5) is 61.0 Å². The number of carbonyl (C=O) groups is 2. The number of alkyl halides is 10. The van der Waals surface area contributed by atoms with Gasteiger partial charge < -0.3 is 0 Å². The van der Waals surface area contributed by atoms with Crippen molar-refractivity contribution < 1.29 is 79.0 Å². The first-order valence-corrected chi connectivity index (χ1v) is 6.94. The first-order valence-electron chi connectivity index (χ1n) is 5.56. The van der Waals surface area contributed by atoms with Gasteiger partial charge in [-0.2, -0.15) is 61.1 Å². The lowest BCUT2D eigenvalue weighted by molar-refractivity contribution is -0.292. The van der Waals surface area contributed by atoms with Gasteiger partial charge in [-0.25, -0.2) is 4.39 Å². The second kappa shape index (κ2) is 6.83. The Morgan fingerprint density at radius 1 is 0.679 bits per heavy atom. The topological polar surface area (TPSA) is 68.3 Å². The molecule has 28 heavy (non-hydrogen) atoms. The van der Waals surface area contributed by atoms with E-state index in [1.165, 1.54) is 0 Å². The molecule has 0 aliphatic carbocycles. The van der Waals surface area contributed by atoms with Crippen molar-refractivity contribution in [1.82, 2.24) is 0 Å². The molecule has 0 aromatic carbocycles. The summed E-state index contributed by atoms with van der Waals surface area (Å²) in [6.45, 7) is 0. The molecule has 0 N–H and O–H groups in total. The Morgan fingerprint density at radius 2 is 1.04 bits per heavy atom. The van der Waals surface area contributed by atoms with E-state index in [1.54, 1.807) is 0 Å². The highest BCUT2D eigenvalue weighted by molar-refractivity contribution is 7.87. The van der Waals surface area contributed by atoms with Gasteiger partial charge in [0.05, 0.1) is 0 Å². The Bertz CT molecular complexity index is 805. The molecule has 19 heteroatoms. The van der Waals surface area contributed by atoms with Crippen LogP contribution < -0.4 is 0 Å². The molecule has 0 fully saturated rings. The fraction of sp³-hybridized carbons (Fsp3) is 0.556. The predicted molar refractivity (Wildman–Crippen MR) is 55.1 cm³/mol. The molecule has 0 saturated carbocycles. The highest BCUT2D eigenvalue weighted by Crippen LogP contribution is 2.53. The molecule has 0 aromatic rings. The van der Waals surface area contributed by atoms with Crippen LogP contribution in [0.3, 0.4) is 0 Å². The van der Waals surface area contributed by atoms with Crippen LogP contribution in [0.15, 0.2) is 11.9 Å². The molecule has 0 spiro atoms. The van der Waals surface area contributed by atoms with Crippen molar-refractivity contribution >= 4 is 21.8 Å². The minimum Gasteiger partial charge on any atom is -0.288 e. The van der Waals surface area contributed by atoms with Gasteiger partial charge in [-0.3, -0.25) is 9.59 Å². The molecule has 0 aliphatic rings. The van der Waals surface area contributed by atoms with Crippen molar-refractivity contribution in [3.05, 3.63) is 11.9 Å². The van der Waals surface area contributed by atoms with Crippen molar-refractivity contribution in [3.63, 3.8) is 0 Å². The minimum absolute atomic E-state index is 4.16. The normalized spacial score (nSPS) is 16.4. The third-order valence-electron chi connectivity index (χ3n) is 2.74. The van der Waals surface area contributed by atoms with Crippen LogP contribution in [0.2, 0.25) is 0 Å². The quantitative estimate of drug-likeness (QED) is 0.324. The lowest BCUT2D eigenvalue weighted by Gasteiger charge is -2.35. The van der Waals surface area contributed by atoms with Crippen molar-refractivity contribution in [2.75, 3.05) is 0 Å². The molecule has 1 atom stereocenters. The van der Waals surface area contributed by atoms with E-state index in [2.05, 4.69) is 0 Å². The number of hydrogen-bond donors (Lipinski definition) is 0. The molecule has 0 saturated heterocycles. The smallest absolute Gasteiger partial charge is 0.288 e. The molecule has 0 radical (unpaired) electrons. The predicted octanol–water partition coefficient (Wildman–Crippen LogP) is 3.64. The Labute approximate surface area is 143 Å². The van der Waals surface area contributed by atoms with Crippen molar-refractivity contribution in [3.8, 4) is 0 Å². The maximum Gasteiger partial charge on any atom is 0.443 e. The monoisotopic (exact) mass is 470 g/mol. The van der Waals surface area contributed by atoms with Gasteiger partial charge in [0.1, 0.15) is 0 Å². The van der Waals surface area contributed by atoms with Crippen LogP contribution in [0.1, 0.15) is 0 Å². The average Bonchev–Trinajstić information content (AvgIpc) is 2.48. The molecule has 0 heterocycles. The Morgan fingerprint density at radius 3 is 1.29 bits per heavy atom.